The number of hydrogen-bond donors (Lipinski definition) is 0. The van der Waals surface area contributed by atoms with E-state index in [4.69, 9.17) is 0 Å². The molecule has 0 aromatic carbocycles. The van der Waals surface area contributed by atoms with Gasteiger partial charge in [-0.15, -0.1) is 0 Å². The molecule has 1 saturated heterocycles. The number of thioether (sulfide) groups is 1. The summed E-state index contributed by atoms with van der Waals surface area (Å²) in [5.74, 6) is 0.355. The molecule has 0 saturated carbocycles. The first-order valence-electron chi connectivity index (χ1n) is 9.13. The highest BCUT2D eigenvalue weighted by atomic mass is 32.2. The van der Waals surface area contributed by atoms with Crippen LogP contribution in [-0.2, 0) is 14.8 Å². The van der Waals surface area contributed by atoms with Gasteiger partial charge >= 0.3 is 0 Å². The van der Waals surface area contributed by atoms with Crippen LogP contribution in [0.4, 0.5) is 0 Å². The van der Waals surface area contributed by atoms with Crippen LogP contribution in [-0.4, -0.2) is 59.4 Å². The predicted molar refractivity (Wildman–Crippen MR) is 105 cm³/mol. The second-order valence-electron chi connectivity index (χ2n) is 7.07. The van der Waals surface area contributed by atoms with E-state index in [-0.39, 0.29) is 22.9 Å². The van der Waals surface area contributed by atoms with Crippen molar-refractivity contribution in [3.63, 3.8) is 0 Å². The molecular weight excluding hydrogens is 370 g/mol. The van der Waals surface area contributed by atoms with Crippen molar-refractivity contribution in [2.24, 2.45) is 0 Å². The van der Waals surface area contributed by atoms with Crippen molar-refractivity contribution in [1.29, 1.82) is 0 Å². The number of aromatic nitrogens is 1. The van der Waals surface area contributed by atoms with Crippen LogP contribution < -0.4 is 0 Å². The Morgan fingerprint density at radius 1 is 1.15 bits per heavy atom. The van der Waals surface area contributed by atoms with E-state index < -0.39 is 10.0 Å². The number of carbonyl (C=O) groups is 1. The van der Waals surface area contributed by atoms with Gasteiger partial charge in [-0.2, -0.15) is 4.31 Å². The van der Waals surface area contributed by atoms with Crippen LogP contribution in [0.25, 0.3) is 0 Å². The standard InChI is InChI=1S/C18H29N3O3S2/c1-14(2)21(15(3)4)18(22)13-25-17-9-8-16(12-19-17)26(23,24)20-10-6-5-7-11-20/h8-9,12,14-15H,5-7,10-11,13H2,1-4H3. The number of amides is 1. The van der Waals surface area contributed by atoms with Gasteiger partial charge in [-0.05, 0) is 52.7 Å². The number of hydrogen-bond acceptors (Lipinski definition) is 5. The lowest BCUT2D eigenvalue weighted by atomic mass is 10.2. The molecule has 1 aliphatic rings. The molecule has 8 heteroatoms. The van der Waals surface area contributed by atoms with Crippen molar-refractivity contribution < 1.29 is 13.2 Å². The third-order valence-corrected chi connectivity index (χ3v) is 7.22. The highest BCUT2D eigenvalue weighted by molar-refractivity contribution is 7.99. The molecule has 1 fully saturated rings. The van der Waals surface area contributed by atoms with E-state index in [2.05, 4.69) is 4.98 Å². The number of rotatable bonds is 7. The quantitative estimate of drug-likeness (QED) is 0.659. The smallest absolute Gasteiger partial charge is 0.244 e. The van der Waals surface area contributed by atoms with Crippen LogP contribution in [0.2, 0.25) is 0 Å². The molecule has 6 nitrogen and oxygen atoms in total. The van der Waals surface area contributed by atoms with Gasteiger partial charge in [0, 0.05) is 31.4 Å². The van der Waals surface area contributed by atoms with Gasteiger partial charge < -0.3 is 4.90 Å². The zero-order valence-corrected chi connectivity index (χ0v) is 17.6. The molecular formula is C18H29N3O3S2. The van der Waals surface area contributed by atoms with E-state index in [1.807, 2.05) is 32.6 Å². The minimum atomic E-state index is -3.46. The second-order valence-corrected chi connectivity index (χ2v) is 10.0. The molecule has 2 rings (SSSR count). The Hall–Kier alpha value is -1.12. The summed E-state index contributed by atoms with van der Waals surface area (Å²) in [6, 6.07) is 3.57. The average molecular weight is 400 g/mol. The van der Waals surface area contributed by atoms with Gasteiger partial charge in [0.15, 0.2) is 0 Å². The molecule has 1 aromatic rings. The van der Waals surface area contributed by atoms with Crippen molar-refractivity contribution in [2.45, 2.75) is 69.0 Å². The molecule has 1 amide bonds. The number of pyridine rings is 1. The topological polar surface area (TPSA) is 70.6 Å². The highest BCUT2D eigenvalue weighted by Crippen LogP contribution is 2.23. The summed E-state index contributed by atoms with van der Waals surface area (Å²) < 4.78 is 26.8. The fourth-order valence-electron chi connectivity index (χ4n) is 3.24. The monoisotopic (exact) mass is 399 g/mol. The summed E-state index contributed by atoms with van der Waals surface area (Å²) in [4.78, 5) is 18.7. The number of sulfonamides is 1. The van der Waals surface area contributed by atoms with E-state index in [1.54, 1.807) is 12.1 Å². The van der Waals surface area contributed by atoms with Crippen molar-refractivity contribution >= 4 is 27.7 Å². The Bertz CT molecular complexity index is 689. The first kappa shape index (κ1) is 21.2. The van der Waals surface area contributed by atoms with Crippen molar-refractivity contribution in [2.75, 3.05) is 18.8 Å². The summed E-state index contributed by atoms with van der Waals surface area (Å²) >= 11 is 1.34. The van der Waals surface area contributed by atoms with Crippen LogP contribution in [0.15, 0.2) is 28.3 Å². The van der Waals surface area contributed by atoms with Crippen LogP contribution >= 0.6 is 11.8 Å². The zero-order chi connectivity index (χ0) is 19.3. The minimum Gasteiger partial charge on any atom is -0.337 e. The van der Waals surface area contributed by atoms with E-state index in [0.717, 1.165) is 19.3 Å². The predicted octanol–water partition coefficient (Wildman–Crippen LogP) is 2.99. The lowest BCUT2D eigenvalue weighted by Gasteiger charge is -2.30. The molecule has 0 spiro atoms. The molecule has 2 heterocycles. The molecule has 0 radical (unpaired) electrons. The first-order chi connectivity index (χ1) is 12.2. The lowest BCUT2D eigenvalue weighted by molar-refractivity contribution is -0.131. The van der Waals surface area contributed by atoms with Gasteiger partial charge in [0.25, 0.3) is 0 Å². The van der Waals surface area contributed by atoms with Crippen molar-refractivity contribution in [3.05, 3.63) is 18.3 Å². The Balaban J connectivity index is 2.00. The normalized spacial score (nSPS) is 16.2. The van der Waals surface area contributed by atoms with Crippen LogP contribution in [0.3, 0.4) is 0 Å². The Morgan fingerprint density at radius 2 is 1.77 bits per heavy atom. The fourth-order valence-corrected chi connectivity index (χ4v) is 5.42. The Kier molecular flexibility index (Phi) is 7.49. The van der Waals surface area contributed by atoms with Gasteiger partial charge in [-0.3, -0.25) is 4.79 Å². The van der Waals surface area contributed by atoms with Crippen molar-refractivity contribution in [1.82, 2.24) is 14.2 Å². The molecule has 0 unspecified atom stereocenters. The number of piperidine rings is 1. The Labute approximate surface area is 161 Å². The largest absolute Gasteiger partial charge is 0.337 e. The fraction of sp³-hybridized carbons (Fsp3) is 0.667. The van der Waals surface area contributed by atoms with Crippen molar-refractivity contribution in [3.8, 4) is 0 Å². The molecule has 0 bridgehead atoms. The maximum atomic E-state index is 12.6. The van der Waals surface area contributed by atoms with E-state index >= 15 is 0 Å². The summed E-state index contributed by atoms with van der Waals surface area (Å²) in [5, 5.41) is 0.656. The Morgan fingerprint density at radius 3 is 2.27 bits per heavy atom. The molecule has 0 N–H and O–H groups in total. The zero-order valence-electron chi connectivity index (χ0n) is 16.0. The molecule has 1 aromatic heterocycles. The molecule has 1 aliphatic heterocycles. The molecule has 146 valence electrons. The average Bonchev–Trinajstić information content (AvgIpc) is 2.60. The van der Waals surface area contributed by atoms with Crippen LogP contribution in [0, 0.1) is 0 Å². The molecule has 0 atom stereocenters. The first-order valence-corrected chi connectivity index (χ1v) is 11.6. The van der Waals surface area contributed by atoms with E-state index in [1.165, 1.54) is 22.3 Å². The van der Waals surface area contributed by atoms with Gasteiger partial charge in [-0.25, -0.2) is 13.4 Å². The van der Waals surface area contributed by atoms with Gasteiger partial charge in [-0.1, -0.05) is 18.2 Å². The number of nitrogens with zero attached hydrogens (tertiary/aromatic N) is 3. The van der Waals surface area contributed by atoms with Crippen LogP contribution in [0.1, 0.15) is 47.0 Å². The summed E-state index contributed by atoms with van der Waals surface area (Å²) in [5.41, 5.74) is 0. The van der Waals surface area contributed by atoms with Gasteiger partial charge in [0.1, 0.15) is 4.90 Å². The maximum absolute atomic E-state index is 12.6. The molecule has 26 heavy (non-hydrogen) atoms. The number of carbonyl (C=O) groups excluding carboxylic acids is 1. The summed E-state index contributed by atoms with van der Waals surface area (Å²) in [7, 11) is -3.46. The third kappa shape index (κ3) is 5.20. The highest BCUT2D eigenvalue weighted by Gasteiger charge is 2.26. The van der Waals surface area contributed by atoms with Crippen LogP contribution in [0.5, 0.6) is 0 Å². The maximum Gasteiger partial charge on any atom is 0.244 e. The second kappa shape index (κ2) is 9.19. The van der Waals surface area contributed by atoms with E-state index in [9.17, 15) is 13.2 Å². The third-order valence-electron chi connectivity index (χ3n) is 4.41. The lowest BCUT2D eigenvalue weighted by Crippen LogP contribution is -2.43. The van der Waals surface area contributed by atoms with E-state index in [0.29, 0.717) is 23.9 Å². The summed E-state index contributed by atoms with van der Waals surface area (Å²) in [6.45, 7) is 9.16. The molecule has 0 aliphatic carbocycles. The SMILES string of the molecule is CC(C)N(C(=O)CSc1ccc(S(=O)(=O)N2CCCCC2)cn1)C(C)C. The minimum absolute atomic E-state index is 0.0619. The van der Waals surface area contributed by atoms with Gasteiger partial charge in [0.05, 0.1) is 10.8 Å². The summed E-state index contributed by atoms with van der Waals surface area (Å²) in [6.07, 6.45) is 4.30. The van der Waals surface area contributed by atoms with Gasteiger partial charge in [0.2, 0.25) is 15.9 Å².